The third-order valence-electron chi connectivity index (χ3n) is 1.25. The second kappa shape index (κ2) is 15.1. The number of hydrogen-bond donors (Lipinski definition) is 0. The molecular weight excluding hydrogens is 180 g/mol. The van der Waals surface area contributed by atoms with E-state index in [0.717, 1.165) is 38.9 Å². The Kier molecular flexibility index (Phi) is 17.3. The van der Waals surface area contributed by atoms with E-state index in [4.69, 9.17) is 9.78 Å². The first-order valence-electron chi connectivity index (χ1n) is 5.36. The van der Waals surface area contributed by atoms with Crippen LogP contribution < -0.4 is 0 Å². The average Bonchev–Trinajstić information content (AvgIpc) is 2.10. The van der Waals surface area contributed by atoms with Crippen LogP contribution in [-0.4, -0.2) is 19.0 Å². The van der Waals surface area contributed by atoms with E-state index in [1.807, 2.05) is 0 Å². The van der Waals surface area contributed by atoms with Crippen LogP contribution in [0.1, 0.15) is 53.4 Å². The molecule has 0 rings (SSSR count). The highest BCUT2D eigenvalue weighted by Crippen LogP contribution is 1.91. The van der Waals surface area contributed by atoms with Crippen LogP contribution in [0, 0.1) is 0 Å². The molecule has 0 aliphatic carbocycles. The molecule has 0 aliphatic rings. The van der Waals surface area contributed by atoms with Gasteiger partial charge in [0.15, 0.2) is 0 Å². The first-order chi connectivity index (χ1) is 6.65. The molecule has 0 radical (unpaired) electrons. The second-order valence-corrected chi connectivity index (χ2v) is 3.26. The Balaban J connectivity index is 0. The molecule has 3 heteroatoms. The SMILES string of the molecule is CC(C)=O.CCCCOOCCCC. The van der Waals surface area contributed by atoms with Crippen LogP contribution in [0.5, 0.6) is 0 Å². The van der Waals surface area contributed by atoms with E-state index in [1.165, 1.54) is 13.8 Å². The van der Waals surface area contributed by atoms with Crippen molar-refractivity contribution in [1.82, 2.24) is 0 Å². The topological polar surface area (TPSA) is 35.5 Å². The van der Waals surface area contributed by atoms with E-state index in [1.54, 1.807) is 0 Å². The molecule has 0 aromatic carbocycles. The molecule has 0 bridgehead atoms. The Hall–Kier alpha value is -0.410. The summed E-state index contributed by atoms with van der Waals surface area (Å²) in [5.41, 5.74) is 0. The summed E-state index contributed by atoms with van der Waals surface area (Å²) in [4.78, 5) is 19.2. The van der Waals surface area contributed by atoms with Crippen LogP contribution in [0.15, 0.2) is 0 Å². The van der Waals surface area contributed by atoms with Gasteiger partial charge in [-0.15, -0.1) is 0 Å². The van der Waals surface area contributed by atoms with Crippen LogP contribution in [0.3, 0.4) is 0 Å². The lowest BCUT2D eigenvalue weighted by Gasteiger charge is -2.00. The molecule has 0 spiro atoms. The van der Waals surface area contributed by atoms with E-state index in [2.05, 4.69) is 13.8 Å². The first-order valence-corrected chi connectivity index (χ1v) is 5.36. The number of hydrogen-bond acceptors (Lipinski definition) is 3. The van der Waals surface area contributed by atoms with Gasteiger partial charge >= 0.3 is 0 Å². The summed E-state index contributed by atoms with van der Waals surface area (Å²) in [5, 5.41) is 0. The van der Waals surface area contributed by atoms with Gasteiger partial charge in [0, 0.05) is 0 Å². The molecule has 86 valence electrons. The van der Waals surface area contributed by atoms with Gasteiger partial charge in [-0.25, -0.2) is 9.78 Å². The summed E-state index contributed by atoms with van der Waals surface area (Å²) in [6.45, 7) is 8.80. The highest BCUT2D eigenvalue weighted by atomic mass is 17.2. The molecule has 0 saturated heterocycles. The normalized spacial score (nSPS) is 9.14. The molecular formula is C11H24O3. The van der Waals surface area contributed by atoms with E-state index in [0.29, 0.717) is 0 Å². The lowest BCUT2D eigenvalue weighted by atomic mass is 10.4. The Morgan fingerprint density at radius 2 is 1.21 bits per heavy atom. The third kappa shape index (κ3) is 29.9. The van der Waals surface area contributed by atoms with Gasteiger partial charge in [0.25, 0.3) is 0 Å². The van der Waals surface area contributed by atoms with Gasteiger partial charge in [0.1, 0.15) is 5.78 Å². The van der Waals surface area contributed by atoms with Gasteiger partial charge in [0.05, 0.1) is 13.2 Å². The van der Waals surface area contributed by atoms with E-state index in [-0.39, 0.29) is 5.78 Å². The molecule has 0 aliphatic heterocycles. The Labute approximate surface area is 87.7 Å². The monoisotopic (exact) mass is 204 g/mol. The lowest BCUT2D eigenvalue weighted by Crippen LogP contribution is -1.97. The Morgan fingerprint density at radius 3 is 1.43 bits per heavy atom. The Morgan fingerprint density at radius 1 is 0.929 bits per heavy atom. The third-order valence-corrected chi connectivity index (χ3v) is 1.25. The fourth-order valence-corrected chi connectivity index (χ4v) is 0.524. The van der Waals surface area contributed by atoms with Gasteiger partial charge in [-0.3, -0.25) is 0 Å². The molecule has 0 N–H and O–H groups in total. The van der Waals surface area contributed by atoms with Crippen molar-refractivity contribution < 1.29 is 14.6 Å². The summed E-state index contributed by atoms with van der Waals surface area (Å²) >= 11 is 0. The number of carbonyl (C=O) groups excluding carboxylic acids is 1. The lowest BCUT2D eigenvalue weighted by molar-refractivity contribution is -0.295. The summed E-state index contributed by atoms with van der Waals surface area (Å²) in [5.74, 6) is 0.167. The van der Waals surface area contributed by atoms with Gasteiger partial charge in [0.2, 0.25) is 0 Å². The summed E-state index contributed by atoms with van der Waals surface area (Å²) in [6, 6.07) is 0. The minimum Gasteiger partial charge on any atom is -0.300 e. The van der Waals surface area contributed by atoms with Crippen molar-refractivity contribution in [2.45, 2.75) is 53.4 Å². The van der Waals surface area contributed by atoms with Crippen LogP contribution in [-0.2, 0) is 14.6 Å². The molecule has 0 fully saturated rings. The van der Waals surface area contributed by atoms with Crippen molar-refractivity contribution in [2.75, 3.05) is 13.2 Å². The minimum atomic E-state index is 0.167. The fraction of sp³-hybridized carbons (Fsp3) is 0.909. The maximum atomic E-state index is 9.44. The minimum absolute atomic E-state index is 0.167. The molecule has 0 atom stereocenters. The van der Waals surface area contributed by atoms with E-state index < -0.39 is 0 Å². The van der Waals surface area contributed by atoms with E-state index >= 15 is 0 Å². The average molecular weight is 204 g/mol. The van der Waals surface area contributed by atoms with Crippen LogP contribution in [0.2, 0.25) is 0 Å². The molecule has 0 amide bonds. The predicted octanol–water partition coefficient (Wildman–Crippen LogP) is 3.13. The second-order valence-electron chi connectivity index (χ2n) is 3.26. The largest absolute Gasteiger partial charge is 0.300 e. The van der Waals surface area contributed by atoms with Gasteiger partial charge in [-0.05, 0) is 26.7 Å². The smallest absolute Gasteiger partial charge is 0.126 e. The Bertz CT molecular complexity index is 101. The molecule has 14 heavy (non-hydrogen) atoms. The van der Waals surface area contributed by atoms with Crippen molar-refractivity contribution in [1.29, 1.82) is 0 Å². The maximum absolute atomic E-state index is 9.44. The maximum Gasteiger partial charge on any atom is 0.126 e. The molecule has 0 heterocycles. The molecule has 0 unspecified atom stereocenters. The van der Waals surface area contributed by atoms with Gasteiger partial charge in [-0.2, -0.15) is 0 Å². The summed E-state index contributed by atoms with van der Waals surface area (Å²) in [6.07, 6.45) is 4.51. The van der Waals surface area contributed by atoms with Gasteiger partial charge < -0.3 is 4.79 Å². The van der Waals surface area contributed by atoms with Crippen LogP contribution in [0.4, 0.5) is 0 Å². The molecule has 0 aromatic heterocycles. The zero-order chi connectivity index (χ0) is 11.2. The zero-order valence-electron chi connectivity index (χ0n) is 9.97. The number of rotatable bonds is 7. The standard InChI is InChI=1S/C8H18O2.C3H6O/c1-3-5-7-9-10-8-6-4-2;1-3(2)4/h3-8H2,1-2H3;1-2H3. The van der Waals surface area contributed by atoms with Crippen molar-refractivity contribution in [3.8, 4) is 0 Å². The van der Waals surface area contributed by atoms with Crippen LogP contribution in [0.25, 0.3) is 0 Å². The van der Waals surface area contributed by atoms with Crippen molar-refractivity contribution in [2.24, 2.45) is 0 Å². The predicted molar refractivity (Wildman–Crippen MR) is 58.1 cm³/mol. The first kappa shape index (κ1) is 16.0. The summed E-state index contributed by atoms with van der Waals surface area (Å²) in [7, 11) is 0. The van der Waals surface area contributed by atoms with Crippen LogP contribution >= 0.6 is 0 Å². The number of unbranched alkanes of at least 4 members (excludes halogenated alkanes) is 2. The molecule has 0 saturated carbocycles. The van der Waals surface area contributed by atoms with Crippen molar-refractivity contribution >= 4 is 5.78 Å². The van der Waals surface area contributed by atoms with Crippen molar-refractivity contribution in [3.05, 3.63) is 0 Å². The van der Waals surface area contributed by atoms with Crippen molar-refractivity contribution in [3.63, 3.8) is 0 Å². The van der Waals surface area contributed by atoms with Gasteiger partial charge in [-0.1, -0.05) is 26.7 Å². The quantitative estimate of drug-likeness (QED) is 0.363. The number of Topliss-reactive ketones (excluding diaryl/α,β-unsaturated/α-hetero) is 1. The molecule has 3 nitrogen and oxygen atoms in total. The highest BCUT2D eigenvalue weighted by Gasteiger charge is 1.86. The summed E-state index contributed by atoms with van der Waals surface area (Å²) < 4.78 is 0. The molecule has 0 aromatic rings. The van der Waals surface area contributed by atoms with E-state index in [9.17, 15) is 4.79 Å². The zero-order valence-corrected chi connectivity index (χ0v) is 9.97. The highest BCUT2D eigenvalue weighted by molar-refractivity contribution is 5.72. The number of carbonyl (C=O) groups is 1. The number of ketones is 1. The fourth-order valence-electron chi connectivity index (χ4n) is 0.524.